The maximum Gasteiger partial charge on any atom is 0.241 e. The van der Waals surface area contributed by atoms with Gasteiger partial charge in [-0.1, -0.05) is 35.5 Å². The van der Waals surface area contributed by atoms with Gasteiger partial charge in [-0.2, -0.15) is 4.98 Å². The number of oxazole rings is 1. The van der Waals surface area contributed by atoms with E-state index in [1.807, 2.05) is 64.2 Å². The third kappa shape index (κ3) is 4.51. The number of hydrogen-bond donors (Lipinski definition) is 0. The number of nitrogens with zero attached hydrogens (tertiary/aromatic N) is 4. The van der Waals surface area contributed by atoms with E-state index in [0.717, 1.165) is 39.5 Å². The first-order valence-electron chi connectivity index (χ1n) is 10.1. The summed E-state index contributed by atoms with van der Waals surface area (Å²) in [6.45, 7) is 7.10. The highest BCUT2D eigenvalue weighted by Gasteiger charge is 2.18. The number of hydrogen-bond acceptors (Lipinski definition) is 7. The van der Waals surface area contributed by atoms with Gasteiger partial charge >= 0.3 is 0 Å². The van der Waals surface area contributed by atoms with Gasteiger partial charge in [-0.05, 0) is 51.1 Å². The number of benzene rings is 2. The SMILES string of the molecule is COc1cc(C)c(-c2nc(CN(C)Cc3nc(-c4ccccc4)no3)c(C)o2)cc1C. The van der Waals surface area contributed by atoms with E-state index >= 15 is 0 Å². The van der Waals surface area contributed by atoms with Crippen molar-refractivity contribution in [3.05, 3.63) is 70.9 Å². The highest BCUT2D eigenvalue weighted by molar-refractivity contribution is 5.62. The number of ether oxygens (including phenoxy) is 1. The summed E-state index contributed by atoms with van der Waals surface area (Å²) in [5, 5.41) is 4.08. The predicted molar refractivity (Wildman–Crippen MR) is 118 cm³/mol. The molecule has 0 bridgehead atoms. The number of rotatable bonds is 7. The fourth-order valence-corrected chi connectivity index (χ4v) is 3.50. The van der Waals surface area contributed by atoms with Crippen LogP contribution in [0.1, 0.15) is 28.5 Å². The zero-order valence-corrected chi connectivity index (χ0v) is 18.5. The summed E-state index contributed by atoms with van der Waals surface area (Å²) in [7, 11) is 3.67. The maximum absolute atomic E-state index is 5.99. The Hall–Kier alpha value is -3.45. The van der Waals surface area contributed by atoms with E-state index in [9.17, 15) is 0 Å². The van der Waals surface area contributed by atoms with Gasteiger partial charge in [-0.15, -0.1) is 0 Å². The van der Waals surface area contributed by atoms with Crippen molar-refractivity contribution in [1.29, 1.82) is 0 Å². The summed E-state index contributed by atoms with van der Waals surface area (Å²) in [5.41, 5.74) is 4.89. The molecule has 0 amide bonds. The van der Waals surface area contributed by atoms with Crippen molar-refractivity contribution in [3.8, 4) is 28.6 Å². The Morgan fingerprint density at radius 3 is 2.48 bits per heavy atom. The van der Waals surface area contributed by atoms with Crippen molar-refractivity contribution in [2.45, 2.75) is 33.9 Å². The molecule has 0 N–H and O–H groups in total. The largest absolute Gasteiger partial charge is 0.496 e. The molecule has 0 aliphatic heterocycles. The summed E-state index contributed by atoms with van der Waals surface area (Å²) < 4.78 is 16.8. The molecule has 160 valence electrons. The minimum Gasteiger partial charge on any atom is -0.496 e. The standard InChI is InChI=1S/C24H26N4O3/c1-15-12-21(29-5)16(2)11-19(15)24-25-20(17(3)30-24)13-28(4)14-22-26-23(27-31-22)18-9-7-6-8-10-18/h6-12H,13-14H2,1-5H3. The lowest BCUT2D eigenvalue weighted by Crippen LogP contribution is -2.18. The molecule has 0 aliphatic rings. The Morgan fingerprint density at radius 1 is 0.968 bits per heavy atom. The van der Waals surface area contributed by atoms with Gasteiger partial charge in [-0.3, -0.25) is 4.90 Å². The van der Waals surface area contributed by atoms with Gasteiger partial charge in [0.15, 0.2) is 0 Å². The molecule has 7 nitrogen and oxygen atoms in total. The fraction of sp³-hybridized carbons (Fsp3) is 0.292. The second kappa shape index (κ2) is 8.73. The van der Waals surface area contributed by atoms with Crippen LogP contribution < -0.4 is 4.74 Å². The van der Waals surface area contributed by atoms with Crippen LogP contribution in [0.5, 0.6) is 5.75 Å². The van der Waals surface area contributed by atoms with E-state index in [0.29, 0.717) is 30.7 Å². The third-order valence-corrected chi connectivity index (χ3v) is 5.19. The highest BCUT2D eigenvalue weighted by Crippen LogP contribution is 2.31. The van der Waals surface area contributed by atoms with Crippen LogP contribution in [0.2, 0.25) is 0 Å². The number of aryl methyl sites for hydroxylation is 3. The van der Waals surface area contributed by atoms with Crippen LogP contribution in [0.4, 0.5) is 0 Å². The fourth-order valence-electron chi connectivity index (χ4n) is 3.50. The monoisotopic (exact) mass is 418 g/mol. The highest BCUT2D eigenvalue weighted by atomic mass is 16.5. The Labute approximate surface area is 181 Å². The molecule has 31 heavy (non-hydrogen) atoms. The van der Waals surface area contributed by atoms with E-state index in [2.05, 4.69) is 21.1 Å². The molecular formula is C24H26N4O3. The molecular weight excluding hydrogens is 392 g/mol. The number of aromatic nitrogens is 3. The summed E-state index contributed by atoms with van der Waals surface area (Å²) in [6.07, 6.45) is 0. The van der Waals surface area contributed by atoms with Crippen molar-refractivity contribution >= 4 is 0 Å². The first-order chi connectivity index (χ1) is 14.9. The predicted octanol–water partition coefficient (Wildman–Crippen LogP) is 4.96. The van der Waals surface area contributed by atoms with Crippen molar-refractivity contribution in [1.82, 2.24) is 20.0 Å². The van der Waals surface area contributed by atoms with Gasteiger partial charge in [0.05, 0.1) is 19.3 Å². The van der Waals surface area contributed by atoms with Crippen LogP contribution in [-0.2, 0) is 13.1 Å². The van der Waals surface area contributed by atoms with Crippen LogP contribution in [-0.4, -0.2) is 34.2 Å². The summed E-state index contributed by atoms with van der Waals surface area (Å²) in [4.78, 5) is 11.3. The average molecular weight is 418 g/mol. The topological polar surface area (TPSA) is 77.4 Å². The van der Waals surface area contributed by atoms with Crippen LogP contribution in [0.25, 0.3) is 22.8 Å². The molecule has 0 atom stereocenters. The van der Waals surface area contributed by atoms with Crippen molar-refractivity contribution in [2.24, 2.45) is 0 Å². The van der Waals surface area contributed by atoms with Crippen molar-refractivity contribution in [2.75, 3.05) is 14.2 Å². The van der Waals surface area contributed by atoms with E-state index in [1.54, 1.807) is 7.11 Å². The lowest BCUT2D eigenvalue weighted by Gasteiger charge is -2.12. The van der Waals surface area contributed by atoms with Gasteiger partial charge in [0.1, 0.15) is 11.5 Å². The molecule has 4 aromatic rings. The lowest BCUT2D eigenvalue weighted by atomic mass is 10.0. The smallest absolute Gasteiger partial charge is 0.241 e. The van der Waals surface area contributed by atoms with Crippen molar-refractivity contribution in [3.63, 3.8) is 0 Å². The Kier molecular flexibility index (Phi) is 5.86. The molecule has 0 aliphatic carbocycles. The average Bonchev–Trinajstić information content (AvgIpc) is 3.37. The lowest BCUT2D eigenvalue weighted by molar-refractivity contribution is 0.258. The first-order valence-corrected chi connectivity index (χ1v) is 10.1. The molecule has 2 aromatic heterocycles. The molecule has 0 fully saturated rings. The third-order valence-electron chi connectivity index (χ3n) is 5.19. The molecule has 0 spiro atoms. The van der Waals surface area contributed by atoms with Crippen LogP contribution in [0.15, 0.2) is 51.4 Å². The van der Waals surface area contributed by atoms with Crippen LogP contribution >= 0.6 is 0 Å². The van der Waals surface area contributed by atoms with E-state index < -0.39 is 0 Å². The van der Waals surface area contributed by atoms with E-state index in [4.69, 9.17) is 18.7 Å². The summed E-state index contributed by atoms with van der Waals surface area (Å²) in [5.74, 6) is 3.43. The Morgan fingerprint density at radius 2 is 1.74 bits per heavy atom. The van der Waals surface area contributed by atoms with Gasteiger partial charge in [-0.25, -0.2) is 4.98 Å². The Bertz CT molecular complexity index is 1180. The quantitative estimate of drug-likeness (QED) is 0.420. The normalized spacial score (nSPS) is 11.3. The molecule has 0 saturated carbocycles. The zero-order valence-electron chi connectivity index (χ0n) is 18.5. The summed E-state index contributed by atoms with van der Waals surface area (Å²) >= 11 is 0. The second-order valence-electron chi connectivity index (χ2n) is 7.71. The van der Waals surface area contributed by atoms with Crippen LogP contribution in [0, 0.1) is 20.8 Å². The van der Waals surface area contributed by atoms with Crippen LogP contribution in [0.3, 0.4) is 0 Å². The molecule has 0 radical (unpaired) electrons. The first kappa shape index (κ1) is 20.8. The Balaban J connectivity index is 1.48. The van der Waals surface area contributed by atoms with Gasteiger partial charge in [0.25, 0.3) is 0 Å². The van der Waals surface area contributed by atoms with Gasteiger partial charge < -0.3 is 13.7 Å². The van der Waals surface area contributed by atoms with Gasteiger partial charge in [0.2, 0.25) is 17.6 Å². The van der Waals surface area contributed by atoms with Crippen molar-refractivity contribution < 1.29 is 13.7 Å². The second-order valence-corrected chi connectivity index (χ2v) is 7.71. The van der Waals surface area contributed by atoms with Gasteiger partial charge in [0, 0.05) is 17.7 Å². The van der Waals surface area contributed by atoms with E-state index in [-0.39, 0.29) is 0 Å². The zero-order chi connectivity index (χ0) is 22.0. The molecule has 2 aromatic carbocycles. The molecule has 0 unspecified atom stereocenters. The summed E-state index contributed by atoms with van der Waals surface area (Å²) in [6, 6.07) is 13.8. The maximum atomic E-state index is 5.99. The van der Waals surface area contributed by atoms with E-state index in [1.165, 1.54) is 0 Å². The molecule has 2 heterocycles. The molecule has 7 heteroatoms. The molecule has 0 saturated heterocycles. The number of methoxy groups -OCH3 is 1. The minimum absolute atomic E-state index is 0.516. The minimum atomic E-state index is 0.516. The molecule has 4 rings (SSSR count).